The summed E-state index contributed by atoms with van der Waals surface area (Å²) in [7, 11) is 0. The number of carboxylic acids is 1. The lowest BCUT2D eigenvalue weighted by molar-refractivity contribution is -0.140. The fraction of sp³-hybridized carbons (Fsp3) is 0.308. The van der Waals surface area contributed by atoms with Crippen molar-refractivity contribution < 1.29 is 19.5 Å². The number of amides is 2. The van der Waals surface area contributed by atoms with E-state index in [1.807, 2.05) is 0 Å². The van der Waals surface area contributed by atoms with Crippen LogP contribution < -0.4 is 5.32 Å². The molecule has 2 heterocycles. The number of rotatable bonds is 2. The summed E-state index contributed by atoms with van der Waals surface area (Å²) in [5.41, 5.74) is 1.90. The van der Waals surface area contributed by atoms with E-state index in [2.05, 4.69) is 5.32 Å². The first-order chi connectivity index (χ1) is 9.56. The van der Waals surface area contributed by atoms with Crippen LogP contribution in [0.15, 0.2) is 18.2 Å². The predicted molar refractivity (Wildman–Crippen MR) is 73.7 cm³/mol. The quantitative estimate of drug-likeness (QED) is 0.841. The van der Waals surface area contributed by atoms with Crippen molar-refractivity contribution in [2.24, 2.45) is 0 Å². The molecule has 2 amide bonds. The molecule has 1 saturated heterocycles. The van der Waals surface area contributed by atoms with Gasteiger partial charge in [0.15, 0.2) is 0 Å². The lowest BCUT2D eigenvalue weighted by Crippen LogP contribution is -2.41. The zero-order valence-electron chi connectivity index (χ0n) is 10.5. The highest BCUT2D eigenvalue weighted by Crippen LogP contribution is 2.27. The fourth-order valence-electron chi connectivity index (χ4n) is 2.36. The van der Waals surface area contributed by atoms with Crippen molar-refractivity contribution in [2.45, 2.75) is 12.5 Å². The molecule has 3 rings (SSSR count). The molecule has 2 aliphatic rings. The Kier molecular flexibility index (Phi) is 3.13. The third kappa shape index (κ3) is 2.14. The maximum atomic E-state index is 12.4. The number of benzene rings is 1. The topological polar surface area (TPSA) is 86.7 Å². The van der Waals surface area contributed by atoms with Gasteiger partial charge in [-0.2, -0.15) is 0 Å². The lowest BCUT2D eigenvalue weighted by atomic mass is 10.1. The molecule has 0 bridgehead atoms. The second kappa shape index (κ2) is 4.82. The number of fused-ring (bicyclic) bond motifs is 1. The summed E-state index contributed by atoms with van der Waals surface area (Å²) in [6.07, 6.45) is 0.321. The molecular formula is C13H12N2O4S. The van der Waals surface area contributed by atoms with Gasteiger partial charge in [-0.05, 0) is 17.7 Å². The fourth-order valence-corrected chi connectivity index (χ4v) is 3.51. The molecule has 0 radical (unpaired) electrons. The van der Waals surface area contributed by atoms with Gasteiger partial charge in [-0.1, -0.05) is 6.07 Å². The smallest absolute Gasteiger partial charge is 0.327 e. The van der Waals surface area contributed by atoms with Crippen LogP contribution in [-0.2, 0) is 16.0 Å². The number of carboxylic acid groups (broad SMARTS) is 1. The highest BCUT2D eigenvalue weighted by molar-refractivity contribution is 7.99. The third-order valence-corrected chi connectivity index (χ3v) is 4.42. The van der Waals surface area contributed by atoms with Crippen molar-refractivity contribution in [1.29, 1.82) is 0 Å². The summed E-state index contributed by atoms with van der Waals surface area (Å²) in [4.78, 5) is 36.1. The summed E-state index contributed by atoms with van der Waals surface area (Å²) in [6.45, 7) is 0. The van der Waals surface area contributed by atoms with Crippen LogP contribution in [0.2, 0.25) is 0 Å². The normalized spacial score (nSPS) is 20.7. The first-order valence-corrected chi connectivity index (χ1v) is 7.26. The molecule has 0 aromatic heterocycles. The van der Waals surface area contributed by atoms with E-state index in [-0.39, 0.29) is 11.8 Å². The van der Waals surface area contributed by atoms with E-state index in [0.29, 0.717) is 29.3 Å². The summed E-state index contributed by atoms with van der Waals surface area (Å²) in [5.74, 6) is -0.615. The van der Waals surface area contributed by atoms with Gasteiger partial charge in [0, 0.05) is 17.0 Å². The molecule has 20 heavy (non-hydrogen) atoms. The Labute approximate surface area is 119 Å². The Morgan fingerprint density at radius 1 is 1.40 bits per heavy atom. The summed E-state index contributed by atoms with van der Waals surface area (Å²) >= 11 is 1.42. The van der Waals surface area contributed by atoms with Crippen LogP contribution in [0.3, 0.4) is 0 Å². The van der Waals surface area contributed by atoms with Crippen molar-refractivity contribution in [1.82, 2.24) is 4.90 Å². The number of anilines is 1. The number of carbonyl (C=O) groups excluding carboxylic acids is 2. The second-order valence-corrected chi connectivity index (χ2v) is 5.73. The van der Waals surface area contributed by atoms with Crippen molar-refractivity contribution in [3.05, 3.63) is 29.3 Å². The molecular weight excluding hydrogens is 280 g/mol. The molecule has 1 fully saturated rings. The summed E-state index contributed by atoms with van der Waals surface area (Å²) in [6, 6.07) is 4.21. The molecule has 2 aliphatic heterocycles. The number of nitrogens with zero attached hydrogens (tertiary/aromatic N) is 1. The number of nitrogens with one attached hydrogen (secondary N) is 1. The van der Waals surface area contributed by atoms with Crippen LogP contribution >= 0.6 is 11.8 Å². The zero-order chi connectivity index (χ0) is 14.3. The highest BCUT2D eigenvalue weighted by Gasteiger charge is 2.35. The van der Waals surface area contributed by atoms with Crippen molar-refractivity contribution in [2.75, 3.05) is 16.9 Å². The Bertz CT molecular complexity index is 616. The number of hydrogen-bond donors (Lipinski definition) is 2. The predicted octanol–water partition coefficient (Wildman–Crippen LogP) is 0.781. The van der Waals surface area contributed by atoms with Gasteiger partial charge in [-0.15, -0.1) is 11.8 Å². The van der Waals surface area contributed by atoms with E-state index in [9.17, 15) is 14.4 Å². The van der Waals surface area contributed by atoms with E-state index in [1.165, 1.54) is 16.7 Å². The average Bonchev–Trinajstić information content (AvgIpc) is 3.01. The summed E-state index contributed by atoms with van der Waals surface area (Å²) < 4.78 is 0. The first kappa shape index (κ1) is 13.0. The Hall–Kier alpha value is -2.02. The van der Waals surface area contributed by atoms with E-state index in [0.717, 1.165) is 5.56 Å². The van der Waals surface area contributed by atoms with Gasteiger partial charge < -0.3 is 15.3 Å². The Morgan fingerprint density at radius 2 is 2.20 bits per heavy atom. The molecule has 6 nitrogen and oxygen atoms in total. The highest BCUT2D eigenvalue weighted by atomic mass is 32.2. The second-order valence-electron chi connectivity index (χ2n) is 4.73. The van der Waals surface area contributed by atoms with Crippen molar-refractivity contribution in [3.8, 4) is 0 Å². The minimum Gasteiger partial charge on any atom is -0.480 e. The van der Waals surface area contributed by atoms with E-state index < -0.39 is 12.0 Å². The summed E-state index contributed by atoms with van der Waals surface area (Å²) in [5, 5.41) is 11.8. The molecule has 104 valence electrons. The average molecular weight is 292 g/mol. The van der Waals surface area contributed by atoms with Gasteiger partial charge in [-0.25, -0.2) is 4.79 Å². The maximum Gasteiger partial charge on any atom is 0.327 e. The van der Waals surface area contributed by atoms with E-state index in [4.69, 9.17) is 5.11 Å². The molecule has 0 spiro atoms. The van der Waals surface area contributed by atoms with Gasteiger partial charge in [-0.3, -0.25) is 9.59 Å². The number of thioether (sulfide) groups is 1. The van der Waals surface area contributed by atoms with Crippen LogP contribution in [0.4, 0.5) is 5.69 Å². The Balaban J connectivity index is 1.86. The van der Waals surface area contributed by atoms with Gasteiger partial charge in [0.25, 0.3) is 5.91 Å². The molecule has 1 aromatic rings. The van der Waals surface area contributed by atoms with Gasteiger partial charge in [0.1, 0.15) is 6.04 Å². The van der Waals surface area contributed by atoms with Gasteiger partial charge in [0.05, 0.1) is 12.3 Å². The first-order valence-electron chi connectivity index (χ1n) is 6.10. The third-order valence-electron chi connectivity index (χ3n) is 3.41. The van der Waals surface area contributed by atoms with Crippen molar-refractivity contribution >= 4 is 35.2 Å². The minimum atomic E-state index is -0.988. The maximum absolute atomic E-state index is 12.4. The minimum absolute atomic E-state index is 0.0928. The van der Waals surface area contributed by atoms with Crippen molar-refractivity contribution in [3.63, 3.8) is 0 Å². The molecule has 2 N–H and O–H groups in total. The molecule has 0 saturated carbocycles. The molecule has 0 aliphatic carbocycles. The van der Waals surface area contributed by atoms with Crippen LogP contribution in [0.1, 0.15) is 15.9 Å². The monoisotopic (exact) mass is 292 g/mol. The van der Waals surface area contributed by atoms with Crippen LogP contribution in [0.5, 0.6) is 0 Å². The van der Waals surface area contributed by atoms with Gasteiger partial charge in [0.2, 0.25) is 5.91 Å². The van der Waals surface area contributed by atoms with Crippen LogP contribution in [0.25, 0.3) is 0 Å². The lowest BCUT2D eigenvalue weighted by Gasteiger charge is -2.20. The zero-order valence-corrected chi connectivity index (χ0v) is 11.3. The van der Waals surface area contributed by atoms with Crippen LogP contribution in [-0.4, -0.2) is 45.5 Å². The molecule has 1 aromatic carbocycles. The van der Waals surface area contributed by atoms with Gasteiger partial charge >= 0.3 is 5.97 Å². The van der Waals surface area contributed by atoms with Crippen LogP contribution in [0, 0.1) is 0 Å². The van der Waals surface area contributed by atoms with E-state index in [1.54, 1.807) is 18.2 Å². The Morgan fingerprint density at radius 3 is 2.95 bits per heavy atom. The molecule has 0 unspecified atom stereocenters. The number of carbonyl (C=O) groups is 3. The largest absolute Gasteiger partial charge is 0.480 e. The standard InChI is InChI=1S/C13H12N2O4S/c16-11-4-7-1-2-8(3-9(7)14-11)12(17)15-6-20-5-10(15)13(18)19/h1-3,10H,4-6H2,(H,14,16)(H,18,19)/t10-/m0/s1. The molecule has 1 atom stereocenters. The SMILES string of the molecule is O=C1Cc2ccc(C(=O)N3CSC[C@H]3C(=O)O)cc2N1. The number of aliphatic carboxylic acids is 1. The number of hydrogen-bond acceptors (Lipinski definition) is 4. The van der Waals surface area contributed by atoms with E-state index >= 15 is 0 Å². The molecule has 7 heteroatoms.